The third-order valence-electron chi connectivity index (χ3n) is 4.73. The molecule has 0 bridgehead atoms. The molecule has 1 aromatic heterocycles. The van der Waals surface area contributed by atoms with Crippen LogP contribution in [0.1, 0.15) is 37.8 Å². The Balaban J connectivity index is 1.60. The summed E-state index contributed by atoms with van der Waals surface area (Å²) in [7, 11) is 0. The van der Waals surface area contributed by atoms with Gasteiger partial charge in [-0.05, 0) is 50.9 Å². The molecule has 0 unspecified atom stereocenters. The molecule has 0 aliphatic carbocycles. The zero-order valence-electron chi connectivity index (χ0n) is 12.4. The average Bonchev–Trinajstić information content (AvgIpc) is 2.56. The second-order valence-electron chi connectivity index (χ2n) is 6.05. The van der Waals surface area contributed by atoms with Gasteiger partial charge in [0, 0.05) is 19.1 Å². The Morgan fingerprint density at radius 2 is 1.76 bits per heavy atom. The second-order valence-corrected chi connectivity index (χ2v) is 6.72. The molecule has 2 aliphatic heterocycles. The highest BCUT2D eigenvalue weighted by molar-refractivity contribution is 6.32. The summed E-state index contributed by atoms with van der Waals surface area (Å²) in [5.74, 6) is 1.39. The number of hydrogen-bond donors (Lipinski definition) is 0. The fourth-order valence-corrected chi connectivity index (χ4v) is 3.93. The molecular formula is C16H23Cl2N3. The fourth-order valence-electron chi connectivity index (χ4n) is 3.49. The molecule has 116 valence electrons. The summed E-state index contributed by atoms with van der Waals surface area (Å²) in [4.78, 5) is 9.66. The van der Waals surface area contributed by atoms with E-state index in [0.29, 0.717) is 10.9 Å². The van der Waals surface area contributed by atoms with Crippen molar-refractivity contribution < 1.29 is 0 Å². The van der Waals surface area contributed by atoms with Gasteiger partial charge < -0.3 is 9.80 Å². The molecule has 0 spiro atoms. The van der Waals surface area contributed by atoms with Crippen LogP contribution >= 0.6 is 23.2 Å². The van der Waals surface area contributed by atoms with Gasteiger partial charge in [0.1, 0.15) is 5.82 Å². The van der Waals surface area contributed by atoms with Crippen LogP contribution in [0.4, 0.5) is 5.82 Å². The lowest BCUT2D eigenvalue weighted by molar-refractivity contribution is 0.141. The van der Waals surface area contributed by atoms with E-state index in [2.05, 4.69) is 14.8 Å². The summed E-state index contributed by atoms with van der Waals surface area (Å²) in [5, 5.41) is 0.664. The third-order valence-corrected chi connectivity index (χ3v) is 5.32. The minimum Gasteiger partial charge on any atom is -0.356 e. The van der Waals surface area contributed by atoms with Crippen molar-refractivity contribution in [2.45, 2.75) is 44.0 Å². The number of halogens is 2. The number of rotatable bonds is 3. The predicted octanol–water partition coefficient (Wildman–Crippen LogP) is 3.93. The standard InChI is InChI=1S/C16H23Cl2N3/c17-12-15-14(18)4-5-16(19-15)21-10-6-13(7-11-21)20-8-2-1-3-9-20/h4-5,13H,1-3,6-12H2. The summed E-state index contributed by atoms with van der Waals surface area (Å²) in [5.41, 5.74) is 0.786. The summed E-state index contributed by atoms with van der Waals surface area (Å²) < 4.78 is 0. The van der Waals surface area contributed by atoms with Gasteiger partial charge in [-0.25, -0.2) is 4.98 Å². The number of hydrogen-bond acceptors (Lipinski definition) is 3. The van der Waals surface area contributed by atoms with Gasteiger partial charge in [0.05, 0.1) is 16.6 Å². The van der Waals surface area contributed by atoms with Crippen molar-refractivity contribution in [3.8, 4) is 0 Å². The number of pyridine rings is 1. The first-order valence-electron chi connectivity index (χ1n) is 7.98. The summed E-state index contributed by atoms with van der Waals surface area (Å²) in [6.07, 6.45) is 6.63. The minimum atomic E-state index is 0.372. The van der Waals surface area contributed by atoms with Gasteiger partial charge in [-0.3, -0.25) is 0 Å². The zero-order valence-corrected chi connectivity index (χ0v) is 13.9. The molecule has 0 radical (unpaired) electrons. The molecule has 0 amide bonds. The largest absolute Gasteiger partial charge is 0.356 e. The monoisotopic (exact) mass is 327 g/mol. The number of anilines is 1. The lowest BCUT2D eigenvalue weighted by atomic mass is 10.00. The number of piperidine rings is 2. The van der Waals surface area contributed by atoms with Gasteiger partial charge in [0.2, 0.25) is 0 Å². The Hall–Kier alpha value is -0.510. The molecule has 3 nitrogen and oxygen atoms in total. The van der Waals surface area contributed by atoms with E-state index in [0.717, 1.165) is 30.6 Å². The molecule has 0 saturated carbocycles. The number of likely N-dealkylation sites (tertiary alicyclic amines) is 1. The lowest BCUT2D eigenvalue weighted by Gasteiger charge is -2.40. The molecule has 0 aromatic carbocycles. The highest BCUT2D eigenvalue weighted by atomic mass is 35.5. The third kappa shape index (κ3) is 3.64. The fraction of sp³-hybridized carbons (Fsp3) is 0.688. The van der Waals surface area contributed by atoms with Crippen molar-refractivity contribution in [2.24, 2.45) is 0 Å². The Labute approximate surface area is 137 Å². The second kappa shape index (κ2) is 7.17. The summed E-state index contributed by atoms with van der Waals surface area (Å²) in [6, 6.07) is 4.69. The molecule has 2 fully saturated rings. The lowest BCUT2D eigenvalue weighted by Crippen LogP contribution is -2.47. The van der Waals surface area contributed by atoms with Crippen LogP contribution in [-0.4, -0.2) is 42.1 Å². The van der Waals surface area contributed by atoms with Gasteiger partial charge in [0.25, 0.3) is 0 Å². The van der Waals surface area contributed by atoms with Gasteiger partial charge in [0.15, 0.2) is 0 Å². The molecule has 1 aromatic rings. The normalized spacial score (nSPS) is 21.7. The number of nitrogens with zero attached hydrogens (tertiary/aromatic N) is 3. The van der Waals surface area contributed by atoms with Crippen molar-refractivity contribution in [2.75, 3.05) is 31.1 Å². The van der Waals surface area contributed by atoms with E-state index in [1.165, 1.54) is 45.2 Å². The van der Waals surface area contributed by atoms with Crippen LogP contribution in [-0.2, 0) is 5.88 Å². The Morgan fingerprint density at radius 3 is 2.43 bits per heavy atom. The van der Waals surface area contributed by atoms with Crippen LogP contribution in [0.15, 0.2) is 12.1 Å². The van der Waals surface area contributed by atoms with Crippen LogP contribution in [0.2, 0.25) is 5.02 Å². The van der Waals surface area contributed by atoms with Crippen molar-refractivity contribution >= 4 is 29.0 Å². The first-order valence-corrected chi connectivity index (χ1v) is 8.89. The van der Waals surface area contributed by atoms with Crippen molar-refractivity contribution in [1.82, 2.24) is 9.88 Å². The van der Waals surface area contributed by atoms with E-state index in [1.807, 2.05) is 12.1 Å². The molecule has 3 rings (SSSR count). The maximum Gasteiger partial charge on any atom is 0.128 e. The van der Waals surface area contributed by atoms with E-state index in [9.17, 15) is 0 Å². The Morgan fingerprint density at radius 1 is 1.05 bits per heavy atom. The maximum absolute atomic E-state index is 6.09. The maximum atomic E-state index is 6.09. The number of aromatic nitrogens is 1. The van der Waals surface area contributed by atoms with Crippen LogP contribution in [0, 0.1) is 0 Å². The average molecular weight is 328 g/mol. The smallest absolute Gasteiger partial charge is 0.128 e. The van der Waals surface area contributed by atoms with E-state index in [1.54, 1.807) is 0 Å². The van der Waals surface area contributed by atoms with Crippen molar-refractivity contribution in [3.63, 3.8) is 0 Å². The highest BCUT2D eigenvalue weighted by Crippen LogP contribution is 2.26. The Bertz CT molecular complexity index is 467. The SMILES string of the molecule is ClCc1nc(N2CCC(N3CCCCC3)CC2)ccc1Cl. The van der Waals surface area contributed by atoms with Crippen LogP contribution in [0.3, 0.4) is 0 Å². The van der Waals surface area contributed by atoms with Gasteiger partial charge in [-0.15, -0.1) is 11.6 Å². The summed E-state index contributed by atoms with van der Waals surface area (Å²) >= 11 is 12.0. The molecule has 21 heavy (non-hydrogen) atoms. The van der Waals surface area contributed by atoms with Crippen molar-refractivity contribution in [3.05, 3.63) is 22.8 Å². The molecule has 2 aliphatic rings. The van der Waals surface area contributed by atoms with Gasteiger partial charge in [-0.1, -0.05) is 18.0 Å². The van der Waals surface area contributed by atoms with E-state index in [4.69, 9.17) is 23.2 Å². The zero-order chi connectivity index (χ0) is 14.7. The summed E-state index contributed by atoms with van der Waals surface area (Å²) in [6.45, 7) is 4.75. The topological polar surface area (TPSA) is 19.4 Å². The first-order chi connectivity index (χ1) is 10.3. The van der Waals surface area contributed by atoms with Crippen LogP contribution < -0.4 is 4.90 Å². The van der Waals surface area contributed by atoms with E-state index < -0.39 is 0 Å². The molecule has 0 atom stereocenters. The quantitative estimate of drug-likeness (QED) is 0.784. The molecule has 5 heteroatoms. The van der Waals surface area contributed by atoms with E-state index in [-0.39, 0.29) is 0 Å². The highest BCUT2D eigenvalue weighted by Gasteiger charge is 2.26. The Kier molecular flexibility index (Phi) is 5.25. The van der Waals surface area contributed by atoms with Gasteiger partial charge in [-0.2, -0.15) is 0 Å². The first kappa shape index (κ1) is 15.4. The van der Waals surface area contributed by atoms with E-state index >= 15 is 0 Å². The number of alkyl halides is 1. The predicted molar refractivity (Wildman–Crippen MR) is 89.5 cm³/mol. The van der Waals surface area contributed by atoms with Crippen LogP contribution in [0.5, 0.6) is 0 Å². The molecule has 3 heterocycles. The molecule has 0 N–H and O–H groups in total. The minimum absolute atomic E-state index is 0.372. The van der Waals surface area contributed by atoms with Crippen LogP contribution in [0.25, 0.3) is 0 Å². The molecule has 2 saturated heterocycles. The van der Waals surface area contributed by atoms with Crippen molar-refractivity contribution in [1.29, 1.82) is 0 Å². The van der Waals surface area contributed by atoms with Gasteiger partial charge >= 0.3 is 0 Å². The molecular weight excluding hydrogens is 305 g/mol.